The first-order chi connectivity index (χ1) is 12.4. The van der Waals surface area contributed by atoms with Crippen molar-refractivity contribution in [3.63, 3.8) is 0 Å². The van der Waals surface area contributed by atoms with Crippen LogP contribution in [0.4, 0.5) is 5.69 Å². The predicted octanol–water partition coefficient (Wildman–Crippen LogP) is 3.60. The molecular weight excluding hydrogens is 328 g/mol. The number of phenolic OH excluding ortho intramolecular Hbond substituents is 2. The number of amides is 1. The molecule has 0 heterocycles. The first kappa shape index (κ1) is 19.6. The lowest BCUT2D eigenvalue weighted by Crippen LogP contribution is -2.50. The molecule has 0 saturated heterocycles. The van der Waals surface area contributed by atoms with Crippen LogP contribution in [-0.2, 0) is 17.6 Å². The molecule has 0 radical (unpaired) electrons. The fourth-order valence-corrected chi connectivity index (χ4v) is 2.74. The summed E-state index contributed by atoms with van der Waals surface area (Å²) in [6.45, 7) is 6.11. The molecule has 0 saturated carbocycles. The van der Waals surface area contributed by atoms with Gasteiger partial charge in [-0.3, -0.25) is 4.79 Å². The zero-order valence-electron chi connectivity index (χ0n) is 15.7. The summed E-state index contributed by atoms with van der Waals surface area (Å²) in [6.07, 6.45) is 1.94. The molecule has 2 aromatic carbocycles. The molecule has 2 rings (SSSR count). The minimum absolute atomic E-state index is 0.0568. The topological polar surface area (TPSA) is 81.6 Å². The third-order valence-electron chi connectivity index (χ3n) is 4.72. The molecule has 0 aliphatic heterocycles. The van der Waals surface area contributed by atoms with Gasteiger partial charge in [-0.15, -0.1) is 0 Å². The molecule has 0 aliphatic carbocycles. The third kappa shape index (κ3) is 4.69. The fraction of sp³-hybridized carbons (Fsp3) is 0.381. The van der Waals surface area contributed by atoms with Gasteiger partial charge >= 0.3 is 0 Å². The number of benzene rings is 2. The largest absolute Gasteiger partial charge is 0.506 e. The number of nitrogens with one attached hydrogen (secondary N) is 2. The van der Waals surface area contributed by atoms with E-state index >= 15 is 0 Å². The van der Waals surface area contributed by atoms with E-state index < -0.39 is 5.54 Å². The quantitative estimate of drug-likeness (QED) is 0.545. The lowest BCUT2D eigenvalue weighted by molar-refractivity contribution is -0.125. The fourth-order valence-electron chi connectivity index (χ4n) is 2.74. The van der Waals surface area contributed by atoms with E-state index in [0.717, 1.165) is 17.5 Å². The van der Waals surface area contributed by atoms with Gasteiger partial charge in [-0.25, -0.2) is 0 Å². The number of aromatic hydroxyl groups is 2. The second-order valence-electron chi connectivity index (χ2n) is 6.66. The average Bonchev–Trinajstić information content (AvgIpc) is 2.65. The Kier molecular flexibility index (Phi) is 6.50. The van der Waals surface area contributed by atoms with Gasteiger partial charge in [0.1, 0.15) is 22.7 Å². The highest BCUT2D eigenvalue weighted by atomic mass is 16.3. The van der Waals surface area contributed by atoms with Gasteiger partial charge in [0.15, 0.2) is 0 Å². The summed E-state index contributed by atoms with van der Waals surface area (Å²) in [5.74, 6) is -0.286. The minimum Gasteiger partial charge on any atom is -0.506 e. The number of hydrogen-bond donors (Lipinski definition) is 4. The summed E-state index contributed by atoms with van der Waals surface area (Å²) in [6, 6.07) is 13.2. The molecule has 5 heteroatoms. The Morgan fingerprint density at radius 2 is 1.65 bits per heavy atom. The van der Waals surface area contributed by atoms with Crippen molar-refractivity contribution >= 4 is 11.6 Å². The summed E-state index contributed by atoms with van der Waals surface area (Å²) in [5.41, 5.74) is 1.23. The van der Waals surface area contributed by atoms with Crippen LogP contribution in [0.1, 0.15) is 38.3 Å². The van der Waals surface area contributed by atoms with Crippen molar-refractivity contribution in [3.8, 4) is 11.5 Å². The normalized spacial score (nSPS) is 13.0. The van der Waals surface area contributed by atoms with Crippen molar-refractivity contribution < 1.29 is 15.0 Å². The van der Waals surface area contributed by atoms with Gasteiger partial charge in [-0.1, -0.05) is 44.2 Å². The second-order valence-corrected chi connectivity index (χ2v) is 6.66. The molecule has 5 nitrogen and oxygen atoms in total. The molecule has 4 N–H and O–H groups in total. The van der Waals surface area contributed by atoms with Crippen LogP contribution in [0.3, 0.4) is 0 Å². The van der Waals surface area contributed by atoms with Crippen LogP contribution in [0.15, 0.2) is 42.5 Å². The van der Waals surface area contributed by atoms with Gasteiger partial charge in [-0.2, -0.15) is 0 Å². The Bertz CT molecular complexity index is 723. The monoisotopic (exact) mass is 356 g/mol. The lowest BCUT2D eigenvalue weighted by atomic mass is 9.96. The van der Waals surface area contributed by atoms with Crippen LogP contribution >= 0.6 is 0 Å². The van der Waals surface area contributed by atoms with Gasteiger partial charge < -0.3 is 20.8 Å². The number of aryl methyl sites for hydroxylation is 1. The van der Waals surface area contributed by atoms with Crippen molar-refractivity contribution in [1.29, 1.82) is 0 Å². The Balaban J connectivity index is 2.06. The Labute approximate surface area is 155 Å². The van der Waals surface area contributed by atoms with E-state index in [4.69, 9.17) is 0 Å². The summed E-state index contributed by atoms with van der Waals surface area (Å²) in [5, 5.41) is 26.4. The maximum atomic E-state index is 12.7. The first-order valence-corrected chi connectivity index (χ1v) is 9.05. The molecule has 0 fully saturated rings. The van der Waals surface area contributed by atoms with E-state index in [1.165, 1.54) is 0 Å². The smallest absolute Gasteiger partial charge is 0.245 e. The van der Waals surface area contributed by atoms with E-state index in [-0.39, 0.29) is 23.1 Å². The van der Waals surface area contributed by atoms with Crippen molar-refractivity contribution in [2.75, 3.05) is 11.9 Å². The average molecular weight is 356 g/mol. The number of anilines is 1. The zero-order valence-corrected chi connectivity index (χ0v) is 15.7. The molecule has 0 spiro atoms. The van der Waals surface area contributed by atoms with Gasteiger partial charge in [-0.05, 0) is 49.4 Å². The highest BCUT2D eigenvalue weighted by molar-refractivity contribution is 5.90. The molecule has 26 heavy (non-hydrogen) atoms. The van der Waals surface area contributed by atoms with Crippen LogP contribution in [0.2, 0.25) is 0 Å². The Hall–Kier alpha value is -2.69. The van der Waals surface area contributed by atoms with Gasteiger partial charge in [0.05, 0.1) is 0 Å². The molecule has 0 aliphatic rings. The van der Waals surface area contributed by atoms with E-state index in [0.29, 0.717) is 19.4 Å². The number of carbonyl (C=O) groups excluding carboxylic acids is 1. The maximum Gasteiger partial charge on any atom is 0.245 e. The molecule has 0 bridgehead atoms. The number of phenols is 2. The number of carbonyl (C=O) groups is 1. The van der Waals surface area contributed by atoms with Crippen molar-refractivity contribution in [2.24, 2.45) is 0 Å². The van der Waals surface area contributed by atoms with Crippen LogP contribution in [0.25, 0.3) is 0 Å². The maximum absolute atomic E-state index is 12.7. The summed E-state index contributed by atoms with van der Waals surface area (Å²) >= 11 is 0. The lowest BCUT2D eigenvalue weighted by Gasteiger charge is -2.30. The van der Waals surface area contributed by atoms with E-state index in [9.17, 15) is 15.0 Å². The van der Waals surface area contributed by atoms with E-state index in [1.54, 1.807) is 19.1 Å². The van der Waals surface area contributed by atoms with Crippen LogP contribution in [0.5, 0.6) is 11.5 Å². The summed E-state index contributed by atoms with van der Waals surface area (Å²) in [4.78, 5) is 12.7. The molecule has 1 amide bonds. The summed E-state index contributed by atoms with van der Waals surface area (Å²) in [7, 11) is 0. The first-order valence-electron chi connectivity index (χ1n) is 9.05. The van der Waals surface area contributed by atoms with Crippen LogP contribution in [0, 0.1) is 0 Å². The molecule has 140 valence electrons. The van der Waals surface area contributed by atoms with Crippen LogP contribution < -0.4 is 10.6 Å². The molecule has 2 aromatic rings. The van der Waals surface area contributed by atoms with Gasteiger partial charge in [0, 0.05) is 6.54 Å². The zero-order chi connectivity index (χ0) is 19.2. The van der Waals surface area contributed by atoms with Crippen molar-refractivity contribution in [2.45, 2.75) is 45.6 Å². The van der Waals surface area contributed by atoms with E-state index in [2.05, 4.69) is 10.6 Å². The van der Waals surface area contributed by atoms with Crippen LogP contribution in [-0.4, -0.2) is 28.2 Å². The number of rotatable bonds is 8. The highest BCUT2D eigenvalue weighted by Gasteiger charge is 2.32. The molecule has 0 unspecified atom stereocenters. The minimum atomic E-state index is -0.945. The predicted molar refractivity (Wildman–Crippen MR) is 105 cm³/mol. The molecular formula is C21H28N2O3. The SMILES string of the molecule is CCc1cc(O)c(N[C@](C)(CC)C(=O)NCCc2ccccc2)c(O)c1. The standard InChI is InChI=1S/C21H28N2O3/c1-4-15-13-17(24)19(18(25)14-15)23-21(3,5-2)20(26)22-12-11-16-9-7-6-8-10-16/h6-10,13-14,23-25H,4-5,11-12H2,1-3H3,(H,22,26)/t21-/m1/s1. The molecule has 1 atom stereocenters. The Morgan fingerprint density at radius 1 is 1.04 bits per heavy atom. The van der Waals surface area contributed by atoms with Crippen molar-refractivity contribution in [3.05, 3.63) is 53.6 Å². The number of hydrogen-bond acceptors (Lipinski definition) is 4. The van der Waals surface area contributed by atoms with Gasteiger partial charge in [0.2, 0.25) is 5.91 Å². The Morgan fingerprint density at radius 3 is 2.19 bits per heavy atom. The van der Waals surface area contributed by atoms with Gasteiger partial charge in [0.25, 0.3) is 0 Å². The van der Waals surface area contributed by atoms with E-state index in [1.807, 2.05) is 44.2 Å². The highest BCUT2D eigenvalue weighted by Crippen LogP contribution is 2.37. The summed E-state index contributed by atoms with van der Waals surface area (Å²) < 4.78 is 0. The molecule has 0 aromatic heterocycles. The third-order valence-corrected chi connectivity index (χ3v) is 4.72. The van der Waals surface area contributed by atoms with Crippen molar-refractivity contribution in [1.82, 2.24) is 5.32 Å². The second kappa shape index (κ2) is 8.61.